The molecular weight excluding hydrogens is 222 g/mol. The molecule has 3 heteroatoms. The number of H-pyrrole nitrogens is 1. The summed E-state index contributed by atoms with van der Waals surface area (Å²) >= 11 is 0. The third-order valence-corrected chi connectivity index (χ3v) is 4.36. The van der Waals surface area contributed by atoms with Crippen molar-refractivity contribution >= 4 is 0 Å². The van der Waals surface area contributed by atoms with Crippen LogP contribution in [0, 0.1) is 5.41 Å². The largest absolute Gasteiger partial charge is 0.365 e. The van der Waals surface area contributed by atoms with Crippen LogP contribution in [-0.4, -0.2) is 31.7 Å². The van der Waals surface area contributed by atoms with Crippen LogP contribution >= 0.6 is 0 Å². The Labute approximate surface area is 111 Å². The fourth-order valence-electron chi connectivity index (χ4n) is 2.95. The molecule has 18 heavy (non-hydrogen) atoms. The second kappa shape index (κ2) is 5.45. The molecule has 1 aromatic heterocycles. The summed E-state index contributed by atoms with van der Waals surface area (Å²) in [5.74, 6) is 0. The molecule has 0 saturated heterocycles. The quantitative estimate of drug-likeness (QED) is 0.694. The molecule has 2 rings (SSSR count). The van der Waals surface area contributed by atoms with Crippen LogP contribution in [0.5, 0.6) is 0 Å². The van der Waals surface area contributed by atoms with Crippen LogP contribution in [0.3, 0.4) is 0 Å². The first-order chi connectivity index (χ1) is 8.58. The van der Waals surface area contributed by atoms with Crippen molar-refractivity contribution in [1.82, 2.24) is 15.6 Å². The second-order valence-corrected chi connectivity index (χ2v) is 6.46. The zero-order chi connectivity index (χ0) is 13.1. The van der Waals surface area contributed by atoms with Crippen molar-refractivity contribution in [2.24, 2.45) is 5.41 Å². The highest BCUT2D eigenvalue weighted by Crippen LogP contribution is 2.39. The minimum absolute atomic E-state index is 0.175. The molecule has 0 bridgehead atoms. The third kappa shape index (κ3) is 2.96. The SMILES string of the molecule is CNCC1(CNCC(C)(C)c2ccc[nH]2)CCC1. The third-order valence-electron chi connectivity index (χ3n) is 4.36. The van der Waals surface area contributed by atoms with Crippen molar-refractivity contribution < 1.29 is 0 Å². The summed E-state index contributed by atoms with van der Waals surface area (Å²) in [6.07, 6.45) is 6.13. The minimum atomic E-state index is 0.175. The number of hydrogen-bond donors (Lipinski definition) is 3. The summed E-state index contributed by atoms with van der Waals surface area (Å²) in [5.41, 5.74) is 2.00. The molecule has 1 aliphatic carbocycles. The van der Waals surface area contributed by atoms with Gasteiger partial charge in [0.05, 0.1) is 0 Å². The van der Waals surface area contributed by atoms with Gasteiger partial charge in [0.25, 0.3) is 0 Å². The molecule has 0 aromatic carbocycles. The summed E-state index contributed by atoms with van der Waals surface area (Å²) in [5, 5.41) is 7.02. The molecule has 0 atom stereocenters. The average Bonchev–Trinajstić information content (AvgIpc) is 2.79. The maximum atomic E-state index is 3.68. The first kappa shape index (κ1) is 13.6. The highest BCUT2D eigenvalue weighted by Gasteiger charge is 2.36. The Morgan fingerprint density at radius 1 is 1.33 bits per heavy atom. The normalized spacial score (nSPS) is 18.6. The fraction of sp³-hybridized carbons (Fsp3) is 0.733. The van der Waals surface area contributed by atoms with Gasteiger partial charge in [-0.3, -0.25) is 0 Å². The fourth-order valence-corrected chi connectivity index (χ4v) is 2.95. The van der Waals surface area contributed by atoms with Crippen LogP contribution in [-0.2, 0) is 5.41 Å². The van der Waals surface area contributed by atoms with Crippen LogP contribution in [0.25, 0.3) is 0 Å². The van der Waals surface area contributed by atoms with E-state index < -0.39 is 0 Å². The number of nitrogens with one attached hydrogen (secondary N) is 3. The van der Waals surface area contributed by atoms with Gasteiger partial charge in [0.15, 0.2) is 0 Å². The maximum Gasteiger partial charge on any atom is 0.0217 e. The Morgan fingerprint density at radius 3 is 2.61 bits per heavy atom. The highest BCUT2D eigenvalue weighted by atomic mass is 14.9. The number of rotatable bonds is 7. The Balaban J connectivity index is 1.81. The zero-order valence-corrected chi connectivity index (χ0v) is 12.0. The smallest absolute Gasteiger partial charge is 0.0217 e. The lowest BCUT2D eigenvalue weighted by atomic mass is 9.68. The van der Waals surface area contributed by atoms with E-state index >= 15 is 0 Å². The molecule has 0 radical (unpaired) electrons. The van der Waals surface area contributed by atoms with Gasteiger partial charge in [-0.25, -0.2) is 0 Å². The number of aromatic amines is 1. The van der Waals surface area contributed by atoms with Gasteiger partial charge in [-0.15, -0.1) is 0 Å². The summed E-state index contributed by atoms with van der Waals surface area (Å²) in [4.78, 5) is 3.33. The van der Waals surface area contributed by atoms with E-state index in [4.69, 9.17) is 0 Å². The second-order valence-electron chi connectivity index (χ2n) is 6.46. The maximum absolute atomic E-state index is 3.68. The molecule has 1 aromatic rings. The lowest BCUT2D eigenvalue weighted by molar-refractivity contribution is 0.128. The van der Waals surface area contributed by atoms with E-state index in [1.165, 1.54) is 25.0 Å². The topological polar surface area (TPSA) is 39.8 Å². The lowest BCUT2D eigenvalue weighted by Crippen LogP contribution is -2.48. The van der Waals surface area contributed by atoms with Gasteiger partial charge in [0, 0.05) is 36.9 Å². The molecule has 0 spiro atoms. The molecule has 1 saturated carbocycles. The van der Waals surface area contributed by atoms with E-state index in [0.29, 0.717) is 5.41 Å². The molecular formula is C15H27N3. The van der Waals surface area contributed by atoms with Gasteiger partial charge >= 0.3 is 0 Å². The summed E-state index contributed by atoms with van der Waals surface area (Å²) < 4.78 is 0. The standard InChI is InChI=1S/C15H27N3/c1-14(2,13-6-4-9-18-13)10-17-12-15(11-16-3)7-5-8-15/h4,6,9,16-18H,5,7-8,10-12H2,1-3H3. The predicted octanol–water partition coefficient (Wildman–Crippen LogP) is 2.27. The molecule has 102 valence electrons. The first-order valence-corrected chi connectivity index (χ1v) is 7.07. The Bertz CT molecular complexity index is 350. The van der Waals surface area contributed by atoms with Crippen molar-refractivity contribution in [2.45, 2.75) is 38.5 Å². The summed E-state index contributed by atoms with van der Waals surface area (Å²) in [6.45, 7) is 7.88. The van der Waals surface area contributed by atoms with Crippen LogP contribution < -0.4 is 10.6 Å². The van der Waals surface area contributed by atoms with E-state index in [1.807, 2.05) is 6.20 Å². The van der Waals surface area contributed by atoms with Crippen LogP contribution in [0.4, 0.5) is 0 Å². The van der Waals surface area contributed by atoms with E-state index in [-0.39, 0.29) is 5.41 Å². The molecule has 0 aliphatic heterocycles. The molecule has 1 heterocycles. The van der Waals surface area contributed by atoms with Crippen LogP contribution in [0.2, 0.25) is 0 Å². The lowest BCUT2D eigenvalue weighted by Gasteiger charge is -2.43. The zero-order valence-electron chi connectivity index (χ0n) is 12.0. The van der Waals surface area contributed by atoms with E-state index in [0.717, 1.165) is 19.6 Å². The average molecular weight is 249 g/mol. The van der Waals surface area contributed by atoms with Crippen molar-refractivity contribution in [2.75, 3.05) is 26.7 Å². The van der Waals surface area contributed by atoms with Gasteiger partial charge in [0.2, 0.25) is 0 Å². The molecule has 3 N–H and O–H groups in total. The summed E-state index contributed by atoms with van der Waals surface area (Å²) in [7, 11) is 2.06. The number of aromatic nitrogens is 1. The van der Waals surface area contributed by atoms with Crippen LogP contribution in [0.15, 0.2) is 18.3 Å². The number of hydrogen-bond acceptors (Lipinski definition) is 2. The summed E-state index contributed by atoms with van der Waals surface area (Å²) in [6, 6.07) is 4.25. The first-order valence-electron chi connectivity index (χ1n) is 7.07. The Kier molecular flexibility index (Phi) is 4.13. The van der Waals surface area contributed by atoms with Crippen molar-refractivity contribution in [3.8, 4) is 0 Å². The molecule has 0 amide bonds. The predicted molar refractivity (Wildman–Crippen MR) is 76.9 cm³/mol. The van der Waals surface area contributed by atoms with Crippen LogP contribution in [0.1, 0.15) is 38.8 Å². The molecule has 3 nitrogen and oxygen atoms in total. The molecule has 1 aliphatic rings. The van der Waals surface area contributed by atoms with Gasteiger partial charge in [-0.2, -0.15) is 0 Å². The Morgan fingerprint density at radius 2 is 2.11 bits per heavy atom. The monoisotopic (exact) mass is 249 g/mol. The van der Waals surface area contributed by atoms with Crippen molar-refractivity contribution in [3.63, 3.8) is 0 Å². The van der Waals surface area contributed by atoms with Gasteiger partial charge in [0.1, 0.15) is 0 Å². The van der Waals surface area contributed by atoms with Gasteiger partial charge in [-0.05, 0) is 37.4 Å². The van der Waals surface area contributed by atoms with E-state index in [9.17, 15) is 0 Å². The molecule has 0 unspecified atom stereocenters. The van der Waals surface area contributed by atoms with Gasteiger partial charge in [-0.1, -0.05) is 20.3 Å². The minimum Gasteiger partial charge on any atom is -0.365 e. The van der Waals surface area contributed by atoms with Crippen molar-refractivity contribution in [3.05, 3.63) is 24.0 Å². The van der Waals surface area contributed by atoms with Crippen molar-refractivity contribution in [1.29, 1.82) is 0 Å². The molecule has 1 fully saturated rings. The Hall–Kier alpha value is -0.800. The van der Waals surface area contributed by atoms with Gasteiger partial charge < -0.3 is 15.6 Å². The van der Waals surface area contributed by atoms with E-state index in [1.54, 1.807) is 0 Å². The van der Waals surface area contributed by atoms with E-state index in [2.05, 4.69) is 48.6 Å². The highest BCUT2D eigenvalue weighted by molar-refractivity contribution is 5.15.